The molecule has 0 radical (unpaired) electrons. The van der Waals surface area contributed by atoms with Gasteiger partial charge in [0.25, 0.3) is 5.91 Å². The number of benzene rings is 2. The van der Waals surface area contributed by atoms with Crippen molar-refractivity contribution < 1.29 is 33.3 Å². The summed E-state index contributed by atoms with van der Waals surface area (Å²) in [5.74, 6) is -2.04. The third-order valence-corrected chi connectivity index (χ3v) is 6.17. The molecule has 0 aliphatic carbocycles. The normalized spacial score (nSPS) is 17.4. The SMILES string of the molecule is C=CC(=O)N1CCN2C(=O)c3cc(OCCOC)c(-c4c(O)cccc4Cl)c(F)c3OC[C@H]2C1. The summed E-state index contributed by atoms with van der Waals surface area (Å²) in [7, 11) is 1.50. The van der Waals surface area contributed by atoms with Crippen LogP contribution in [0.5, 0.6) is 17.2 Å². The lowest BCUT2D eigenvalue weighted by atomic mass is 9.98. The molecule has 8 nitrogen and oxygen atoms in total. The van der Waals surface area contributed by atoms with Gasteiger partial charge < -0.3 is 29.1 Å². The van der Waals surface area contributed by atoms with E-state index in [-0.39, 0.29) is 77.8 Å². The van der Waals surface area contributed by atoms with Gasteiger partial charge in [0.1, 0.15) is 24.7 Å². The molecule has 1 fully saturated rings. The van der Waals surface area contributed by atoms with Crippen LogP contribution in [0.2, 0.25) is 5.02 Å². The zero-order chi connectivity index (χ0) is 24.4. The van der Waals surface area contributed by atoms with Crippen molar-refractivity contribution in [1.82, 2.24) is 9.80 Å². The predicted octanol–water partition coefficient (Wildman–Crippen LogP) is 3.11. The molecule has 0 aromatic heterocycles. The Morgan fingerprint density at radius 3 is 2.85 bits per heavy atom. The molecule has 10 heteroatoms. The molecular weight excluding hydrogens is 467 g/mol. The number of aromatic hydroxyl groups is 1. The van der Waals surface area contributed by atoms with Gasteiger partial charge in [0.2, 0.25) is 5.91 Å². The van der Waals surface area contributed by atoms with Crippen LogP contribution in [0, 0.1) is 5.82 Å². The number of fused-ring (bicyclic) bond motifs is 2. The fourth-order valence-corrected chi connectivity index (χ4v) is 4.44. The first-order valence-corrected chi connectivity index (χ1v) is 11.1. The number of hydrogen-bond acceptors (Lipinski definition) is 6. The van der Waals surface area contributed by atoms with Crippen LogP contribution in [0.15, 0.2) is 36.9 Å². The zero-order valence-corrected chi connectivity index (χ0v) is 19.3. The number of carbonyl (C=O) groups excluding carboxylic acids is 2. The van der Waals surface area contributed by atoms with Gasteiger partial charge in [-0.3, -0.25) is 9.59 Å². The summed E-state index contributed by atoms with van der Waals surface area (Å²) in [6, 6.07) is 5.35. The number of halogens is 2. The average Bonchev–Trinajstić information content (AvgIpc) is 2.96. The number of rotatable bonds is 6. The second kappa shape index (κ2) is 9.90. The Labute approximate surface area is 201 Å². The number of hydrogen-bond donors (Lipinski definition) is 1. The number of amides is 2. The summed E-state index contributed by atoms with van der Waals surface area (Å²) < 4.78 is 32.6. The maximum atomic E-state index is 16.0. The Kier molecular flexibility index (Phi) is 6.95. The Balaban J connectivity index is 1.80. The fraction of sp³-hybridized carbons (Fsp3) is 0.333. The van der Waals surface area contributed by atoms with Crippen molar-refractivity contribution in [3.05, 3.63) is 53.3 Å². The molecule has 0 bridgehead atoms. The molecule has 1 N–H and O–H groups in total. The first-order valence-electron chi connectivity index (χ1n) is 10.7. The number of ether oxygens (including phenoxy) is 3. The molecule has 4 rings (SSSR count). The summed E-state index contributed by atoms with van der Waals surface area (Å²) in [5.41, 5.74) is -0.0991. The lowest BCUT2D eigenvalue weighted by Gasteiger charge is -2.39. The number of methoxy groups -OCH3 is 1. The van der Waals surface area contributed by atoms with Crippen molar-refractivity contribution in [2.24, 2.45) is 0 Å². The minimum Gasteiger partial charge on any atom is -0.507 e. The van der Waals surface area contributed by atoms with E-state index in [1.165, 1.54) is 37.5 Å². The standard InChI is InChI=1S/C24H24ClFN2O6/c1-3-19(30)27-7-8-28-14(12-27)13-34-23-15(24(28)31)11-18(33-10-9-32-2)21(22(23)26)20-16(25)5-4-6-17(20)29/h3-6,11,14,29H,1,7-10,12-13H2,2H3/t14-/m1/s1. The predicted molar refractivity (Wildman–Crippen MR) is 123 cm³/mol. The van der Waals surface area contributed by atoms with E-state index in [2.05, 4.69) is 6.58 Å². The third kappa shape index (κ3) is 4.28. The van der Waals surface area contributed by atoms with Gasteiger partial charge in [-0.25, -0.2) is 4.39 Å². The van der Waals surface area contributed by atoms with E-state index in [0.29, 0.717) is 6.54 Å². The fourth-order valence-electron chi connectivity index (χ4n) is 4.18. The third-order valence-electron chi connectivity index (χ3n) is 5.85. The van der Waals surface area contributed by atoms with E-state index in [1.807, 2.05) is 0 Å². The Bertz CT molecular complexity index is 1120. The van der Waals surface area contributed by atoms with Gasteiger partial charge in [0.15, 0.2) is 11.6 Å². The molecule has 2 aromatic rings. The Morgan fingerprint density at radius 2 is 2.15 bits per heavy atom. The molecule has 2 aliphatic rings. The van der Waals surface area contributed by atoms with Crippen LogP contribution in [0.3, 0.4) is 0 Å². The summed E-state index contributed by atoms with van der Waals surface area (Å²) in [4.78, 5) is 28.6. The van der Waals surface area contributed by atoms with E-state index < -0.39 is 17.8 Å². The highest BCUT2D eigenvalue weighted by Gasteiger charge is 2.39. The summed E-state index contributed by atoms with van der Waals surface area (Å²) in [6.07, 6.45) is 1.22. The van der Waals surface area contributed by atoms with E-state index in [0.717, 1.165) is 0 Å². The van der Waals surface area contributed by atoms with Crippen molar-refractivity contribution in [1.29, 1.82) is 0 Å². The van der Waals surface area contributed by atoms with Gasteiger partial charge in [-0.1, -0.05) is 24.2 Å². The summed E-state index contributed by atoms with van der Waals surface area (Å²) in [6.45, 7) is 4.61. The minimum atomic E-state index is -0.875. The maximum Gasteiger partial charge on any atom is 0.258 e. The molecule has 0 saturated carbocycles. The number of carbonyl (C=O) groups is 2. The van der Waals surface area contributed by atoms with Gasteiger partial charge in [-0.2, -0.15) is 0 Å². The second-order valence-corrected chi connectivity index (χ2v) is 8.27. The molecule has 2 heterocycles. The quantitative estimate of drug-likeness (QED) is 0.494. The molecule has 1 atom stereocenters. The number of piperazine rings is 1. The summed E-state index contributed by atoms with van der Waals surface area (Å²) >= 11 is 6.30. The van der Waals surface area contributed by atoms with Gasteiger partial charge in [-0.05, 0) is 24.3 Å². The Morgan fingerprint density at radius 1 is 1.35 bits per heavy atom. The first kappa shape index (κ1) is 23.8. The largest absolute Gasteiger partial charge is 0.507 e. The lowest BCUT2D eigenvalue weighted by molar-refractivity contribution is -0.128. The highest BCUT2D eigenvalue weighted by molar-refractivity contribution is 6.33. The number of phenols is 1. The monoisotopic (exact) mass is 490 g/mol. The molecular formula is C24H24ClFN2O6. The van der Waals surface area contributed by atoms with Crippen LogP contribution in [0.1, 0.15) is 10.4 Å². The summed E-state index contributed by atoms with van der Waals surface area (Å²) in [5, 5.41) is 10.6. The highest BCUT2D eigenvalue weighted by atomic mass is 35.5. The molecule has 1 saturated heterocycles. The molecule has 2 aliphatic heterocycles. The van der Waals surface area contributed by atoms with Crippen LogP contribution in [-0.4, -0.2) is 79.3 Å². The van der Waals surface area contributed by atoms with Crippen molar-refractivity contribution in [2.45, 2.75) is 6.04 Å². The molecule has 2 aromatic carbocycles. The van der Waals surface area contributed by atoms with Crippen molar-refractivity contribution in [3.8, 4) is 28.4 Å². The van der Waals surface area contributed by atoms with E-state index >= 15 is 4.39 Å². The van der Waals surface area contributed by atoms with Gasteiger partial charge >= 0.3 is 0 Å². The van der Waals surface area contributed by atoms with Gasteiger partial charge in [0, 0.05) is 32.3 Å². The number of phenolic OH excluding ortho intramolecular Hbond substituents is 1. The van der Waals surface area contributed by atoms with Crippen LogP contribution in [0.25, 0.3) is 11.1 Å². The molecule has 0 spiro atoms. The number of nitrogens with zero attached hydrogens (tertiary/aromatic N) is 2. The van der Waals surface area contributed by atoms with E-state index in [4.69, 9.17) is 25.8 Å². The first-order chi connectivity index (χ1) is 16.4. The topological polar surface area (TPSA) is 88.5 Å². The van der Waals surface area contributed by atoms with Crippen molar-refractivity contribution in [2.75, 3.05) is 46.6 Å². The minimum absolute atomic E-state index is 0.00814. The van der Waals surface area contributed by atoms with Crippen molar-refractivity contribution >= 4 is 23.4 Å². The molecule has 2 amide bonds. The van der Waals surface area contributed by atoms with Crippen molar-refractivity contribution in [3.63, 3.8) is 0 Å². The second-order valence-electron chi connectivity index (χ2n) is 7.87. The van der Waals surface area contributed by atoms with Crippen LogP contribution in [-0.2, 0) is 9.53 Å². The maximum absolute atomic E-state index is 16.0. The average molecular weight is 491 g/mol. The van der Waals surface area contributed by atoms with Crippen LogP contribution < -0.4 is 9.47 Å². The van der Waals surface area contributed by atoms with E-state index in [1.54, 1.807) is 9.80 Å². The van der Waals surface area contributed by atoms with Gasteiger partial charge in [0.05, 0.1) is 28.8 Å². The molecule has 34 heavy (non-hydrogen) atoms. The Hall–Kier alpha value is -3.30. The molecule has 0 unspecified atom stereocenters. The molecule has 180 valence electrons. The van der Waals surface area contributed by atoms with Crippen LogP contribution in [0.4, 0.5) is 4.39 Å². The van der Waals surface area contributed by atoms with E-state index in [9.17, 15) is 14.7 Å². The van der Waals surface area contributed by atoms with Gasteiger partial charge in [-0.15, -0.1) is 0 Å². The zero-order valence-electron chi connectivity index (χ0n) is 18.6. The lowest BCUT2D eigenvalue weighted by Crippen LogP contribution is -2.57. The highest BCUT2D eigenvalue weighted by Crippen LogP contribution is 2.47. The van der Waals surface area contributed by atoms with Crippen LogP contribution >= 0.6 is 11.6 Å². The smallest absolute Gasteiger partial charge is 0.258 e.